The summed E-state index contributed by atoms with van der Waals surface area (Å²) in [4.78, 5) is 14.4. The van der Waals surface area contributed by atoms with E-state index < -0.39 is 5.60 Å². The van der Waals surface area contributed by atoms with Crippen LogP contribution in [0.5, 0.6) is 5.75 Å². The Labute approximate surface area is 158 Å². The van der Waals surface area contributed by atoms with Crippen molar-refractivity contribution in [2.75, 3.05) is 20.2 Å². The highest BCUT2D eigenvalue weighted by atomic mass is 19.1. The molecular formula is C21H25FN2O3. The number of likely N-dealkylation sites (tertiary alicyclic amines) is 1. The molecule has 0 spiro atoms. The summed E-state index contributed by atoms with van der Waals surface area (Å²) in [5.74, 6) is -0.216. The fraction of sp³-hybridized carbons (Fsp3) is 0.381. The monoisotopic (exact) mass is 372 g/mol. The van der Waals surface area contributed by atoms with E-state index in [1.807, 2.05) is 30.3 Å². The van der Waals surface area contributed by atoms with Gasteiger partial charge in [0.2, 0.25) is 0 Å². The Bertz CT molecular complexity index is 784. The van der Waals surface area contributed by atoms with Crippen LogP contribution in [0.3, 0.4) is 0 Å². The largest absolute Gasteiger partial charge is 0.497 e. The molecule has 2 aromatic rings. The smallest absolute Gasteiger partial charge is 0.256 e. The molecule has 1 aliphatic rings. The number of hydrogen-bond acceptors (Lipinski definition) is 4. The molecule has 2 N–H and O–H groups in total. The molecule has 1 atom stereocenters. The molecule has 1 amide bonds. The van der Waals surface area contributed by atoms with Crippen LogP contribution in [0.1, 0.15) is 24.0 Å². The Morgan fingerprint density at radius 1 is 1.26 bits per heavy atom. The molecule has 1 heterocycles. The summed E-state index contributed by atoms with van der Waals surface area (Å²) in [5, 5.41) is 14.0. The van der Waals surface area contributed by atoms with E-state index >= 15 is 0 Å². The molecule has 6 heteroatoms. The van der Waals surface area contributed by atoms with E-state index in [4.69, 9.17) is 4.74 Å². The average molecular weight is 372 g/mol. The van der Waals surface area contributed by atoms with Crippen molar-refractivity contribution in [3.05, 3.63) is 65.5 Å². The van der Waals surface area contributed by atoms with Crippen molar-refractivity contribution < 1.29 is 19.0 Å². The first kappa shape index (κ1) is 19.3. The average Bonchev–Trinajstić information content (AvgIpc) is 2.68. The molecule has 1 saturated heterocycles. The quantitative estimate of drug-likeness (QED) is 0.784. The Kier molecular flexibility index (Phi) is 6.08. The minimum Gasteiger partial charge on any atom is -0.497 e. The lowest BCUT2D eigenvalue weighted by atomic mass is 9.91. The van der Waals surface area contributed by atoms with Crippen LogP contribution < -0.4 is 10.1 Å². The number of piperidine rings is 1. The predicted molar refractivity (Wildman–Crippen MR) is 101 cm³/mol. The number of methoxy groups -OCH3 is 1. The number of ether oxygens (including phenoxy) is 1. The summed E-state index contributed by atoms with van der Waals surface area (Å²) in [6.07, 6.45) is 1.06. The van der Waals surface area contributed by atoms with Crippen molar-refractivity contribution in [3.8, 4) is 5.75 Å². The molecule has 5 nitrogen and oxygen atoms in total. The Morgan fingerprint density at radius 2 is 2.04 bits per heavy atom. The third-order valence-electron chi connectivity index (χ3n) is 4.91. The fourth-order valence-corrected chi connectivity index (χ4v) is 3.39. The molecule has 0 aromatic heterocycles. The second-order valence-corrected chi connectivity index (χ2v) is 6.91. The van der Waals surface area contributed by atoms with Gasteiger partial charge in [-0.1, -0.05) is 30.3 Å². The van der Waals surface area contributed by atoms with Gasteiger partial charge in [-0.05, 0) is 36.6 Å². The number of rotatable bonds is 7. The van der Waals surface area contributed by atoms with Gasteiger partial charge in [-0.2, -0.15) is 0 Å². The summed E-state index contributed by atoms with van der Waals surface area (Å²) in [5.41, 5.74) is -0.00796. The molecule has 1 unspecified atom stereocenters. The predicted octanol–water partition coefficient (Wildman–Crippen LogP) is 2.48. The molecule has 1 fully saturated rings. The second kappa shape index (κ2) is 8.50. The van der Waals surface area contributed by atoms with Gasteiger partial charge in [0.25, 0.3) is 5.91 Å². The van der Waals surface area contributed by atoms with Gasteiger partial charge < -0.3 is 20.1 Å². The summed E-state index contributed by atoms with van der Waals surface area (Å²) in [7, 11) is 1.51. The van der Waals surface area contributed by atoms with Gasteiger partial charge in [0.1, 0.15) is 11.6 Å². The van der Waals surface area contributed by atoms with Crippen LogP contribution in [0.2, 0.25) is 0 Å². The lowest BCUT2D eigenvalue weighted by molar-refractivity contribution is -0.157. The Hall–Kier alpha value is -2.44. The lowest BCUT2D eigenvalue weighted by Gasteiger charge is -2.38. The number of carbonyl (C=O) groups is 1. The van der Waals surface area contributed by atoms with Crippen LogP contribution in [0, 0.1) is 5.82 Å². The number of nitrogens with zero attached hydrogens (tertiary/aromatic N) is 1. The number of halogens is 1. The van der Waals surface area contributed by atoms with E-state index in [9.17, 15) is 14.3 Å². The summed E-state index contributed by atoms with van der Waals surface area (Å²) in [6.45, 7) is 1.35. The highest BCUT2D eigenvalue weighted by molar-refractivity contribution is 5.86. The fourth-order valence-electron chi connectivity index (χ4n) is 3.39. The second-order valence-electron chi connectivity index (χ2n) is 6.91. The molecule has 1 aliphatic heterocycles. The molecule has 2 aromatic carbocycles. The van der Waals surface area contributed by atoms with Crippen molar-refractivity contribution in [1.29, 1.82) is 0 Å². The maximum atomic E-state index is 14.1. The number of nitrogens with one attached hydrogen (secondary N) is 1. The molecule has 0 radical (unpaired) electrons. The van der Waals surface area contributed by atoms with Crippen LogP contribution in [0.4, 0.5) is 4.39 Å². The van der Waals surface area contributed by atoms with Gasteiger partial charge in [0.05, 0.1) is 7.11 Å². The van der Waals surface area contributed by atoms with E-state index in [1.165, 1.54) is 18.1 Å². The van der Waals surface area contributed by atoms with Gasteiger partial charge in [-0.3, -0.25) is 4.79 Å². The van der Waals surface area contributed by atoms with Crippen LogP contribution in [-0.4, -0.2) is 41.7 Å². The first-order chi connectivity index (χ1) is 13.0. The molecule has 0 bridgehead atoms. The van der Waals surface area contributed by atoms with Crippen LogP contribution >= 0.6 is 0 Å². The van der Waals surface area contributed by atoms with E-state index in [0.29, 0.717) is 37.2 Å². The van der Waals surface area contributed by atoms with Crippen molar-refractivity contribution in [3.63, 3.8) is 0 Å². The van der Waals surface area contributed by atoms with Gasteiger partial charge in [-0.15, -0.1) is 0 Å². The minimum atomic E-state index is -1.47. The van der Waals surface area contributed by atoms with Crippen molar-refractivity contribution in [2.45, 2.75) is 31.5 Å². The minimum absolute atomic E-state index is 0.114. The number of aliphatic hydroxyl groups is 1. The highest BCUT2D eigenvalue weighted by Gasteiger charge is 2.41. The highest BCUT2D eigenvalue weighted by Crippen LogP contribution is 2.26. The maximum absolute atomic E-state index is 14.1. The third kappa shape index (κ3) is 4.64. The standard InChI is InChI=1S/C21H25FN2O3/c1-27-18-8-9-19(22)17(12-18)14-24-11-5-10-21(26,20(24)25)15-23-13-16-6-3-2-4-7-16/h2-4,6-9,12,23,26H,5,10-11,13-15H2,1H3. The van der Waals surface area contributed by atoms with Gasteiger partial charge >= 0.3 is 0 Å². The molecule has 0 saturated carbocycles. The molecule has 0 aliphatic carbocycles. The third-order valence-corrected chi connectivity index (χ3v) is 4.91. The summed E-state index contributed by atoms with van der Waals surface area (Å²) >= 11 is 0. The first-order valence-corrected chi connectivity index (χ1v) is 9.11. The van der Waals surface area contributed by atoms with E-state index in [2.05, 4.69) is 5.32 Å². The molecular weight excluding hydrogens is 347 g/mol. The van der Waals surface area contributed by atoms with Crippen molar-refractivity contribution in [1.82, 2.24) is 10.2 Å². The lowest BCUT2D eigenvalue weighted by Crippen LogP contribution is -2.57. The summed E-state index contributed by atoms with van der Waals surface area (Å²) in [6, 6.07) is 14.3. The summed E-state index contributed by atoms with van der Waals surface area (Å²) < 4.78 is 19.2. The SMILES string of the molecule is COc1ccc(F)c(CN2CCCC(O)(CNCc3ccccc3)C2=O)c1. The zero-order valence-corrected chi connectivity index (χ0v) is 15.5. The van der Waals surface area contributed by atoms with Crippen molar-refractivity contribution >= 4 is 5.91 Å². The molecule has 27 heavy (non-hydrogen) atoms. The number of benzene rings is 2. The van der Waals surface area contributed by atoms with Crippen LogP contribution in [-0.2, 0) is 17.9 Å². The zero-order chi connectivity index (χ0) is 19.3. The zero-order valence-electron chi connectivity index (χ0n) is 15.5. The number of carbonyl (C=O) groups excluding carboxylic acids is 1. The van der Waals surface area contributed by atoms with Crippen molar-refractivity contribution in [2.24, 2.45) is 0 Å². The topological polar surface area (TPSA) is 61.8 Å². The normalized spacial score (nSPS) is 20.0. The maximum Gasteiger partial charge on any atom is 0.256 e. The number of hydrogen-bond donors (Lipinski definition) is 2. The molecule has 3 rings (SSSR count). The molecule has 144 valence electrons. The van der Waals surface area contributed by atoms with E-state index in [1.54, 1.807) is 12.1 Å². The first-order valence-electron chi connectivity index (χ1n) is 9.11. The van der Waals surface area contributed by atoms with E-state index in [0.717, 1.165) is 5.56 Å². The van der Waals surface area contributed by atoms with Crippen LogP contribution in [0.25, 0.3) is 0 Å². The van der Waals surface area contributed by atoms with Crippen LogP contribution in [0.15, 0.2) is 48.5 Å². The van der Waals surface area contributed by atoms with Gasteiger partial charge in [-0.25, -0.2) is 4.39 Å². The Balaban J connectivity index is 1.64. The Morgan fingerprint density at radius 3 is 2.78 bits per heavy atom. The van der Waals surface area contributed by atoms with E-state index in [-0.39, 0.29) is 24.8 Å². The van der Waals surface area contributed by atoms with Gasteiger partial charge in [0, 0.05) is 31.7 Å². The van der Waals surface area contributed by atoms with Gasteiger partial charge in [0.15, 0.2) is 5.60 Å². The number of amides is 1.